The molecule has 1 heterocycles. The smallest absolute Gasteiger partial charge is 0.338 e. The Labute approximate surface area is 154 Å². The molecule has 26 heavy (non-hydrogen) atoms. The number of ether oxygens (including phenoxy) is 1. The molecule has 8 heteroatoms. The van der Waals surface area contributed by atoms with Gasteiger partial charge in [0.2, 0.25) is 10.0 Å². The van der Waals surface area contributed by atoms with Crippen molar-refractivity contribution >= 4 is 21.9 Å². The number of nitrogens with zero attached hydrogens (tertiary/aromatic N) is 1. The summed E-state index contributed by atoms with van der Waals surface area (Å²) in [5.41, 5.74) is 0.207. The van der Waals surface area contributed by atoms with Gasteiger partial charge in [-0.05, 0) is 56.9 Å². The number of sulfonamides is 1. The molecule has 2 rings (SSSR count). The Hall–Kier alpha value is -1.93. The Morgan fingerprint density at radius 3 is 2.35 bits per heavy atom. The maximum atomic E-state index is 12.2. The molecule has 0 bridgehead atoms. The monoisotopic (exact) mass is 382 g/mol. The quantitative estimate of drug-likeness (QED) is 0.728. The number of piperidine rings is 1. The highest BCUT2D eigenvalue weighted by atomic mass is 32.2. The predicted molar refractivity (Wildman–Crippen MR) is 97.2 cm³/mol. The van der Waals surface area contributed by atoms with E-state index >= 15 is 0 Å². The Morgan fingerprint density at radius 1 is 1.15 bits per heavy atom. The van der Waals surface area contributed by atoms with Gasteiger partial charge in [0.25, 0.3) is 5.91 Å². The highest BCUT2D eigenvalue weighted by molar-refractivity contribution is 7.89. The summed E-state index contributed by atoms with van der Waals surface area (Å²) in [5.74, 6) is -0.843. The molecule has 1 aromatic rings. The van der Waals surface area contributed by atoms with Crippen molar-refractivity contribution in [3.63, 3.8) is 0 Å². The normalized spacial score (nSPS) is 16.2. The van der Waals surface area contributed by atoms with Crippen LogP contribution in [0.2, 0.25) is 0 Å². The molecule has 0 saturated carbocycles. The molecule has 1 saturated heterocycles. The van der Waals surface area contributed by atoms with E-state index < -0.39 is 16.0 Å². The molecule has 144 valence electrons. The summed E-state index contributed by atoms with van der Waals surface area (Å²) >= 11 is 0. The van der Waals surface area contributed by atoms with E-state index in [1.165, 1.54) is 24.3 Å². The van der Waals surface area contributed by atoms with Crippen molar-refractivity contribution in [1.29, 1.82) is 0 Å². The molecule has 1 aromatic carbocycles. The molecule has 0 unspecified atom stereocenters. The fourth-order valence-corrected chi connectivity index (χ4v) is 3.96. The maximum Gasteiger partial charge on any atom is 0.338 e. The number of carbonyl (C=O) groups is 2. The van der Waals surface area contributed by atoms with Gasteiger partial charge in [-0.3, -0.25) is 4.79 Å². The van der Waals surface area contributed by atoms with E-state index in [1.54, 1.807) is 11.8 Å². The van der Waals surface area contributed by atoms with Crippen LogP contribution in [0.3, 0.4) is 0 Å². The zero-order valence-electron chi connectivity index (χ0n) is 15.2. The third kappa shape index (κ3) is 5.54. The summed E-state index contributed by atoms with van der Waals surface area (Å²) in [4.78, 5) is 25.9. The van der Waals surface area contributed by atoms with Gasteiger partial charge in [-0.2, -0.15) is 0 Å². The number of rotatable bonds is 7. The molecule has 1 aliphatic rings. The molecule has 1 atom stereocenters. The van der Waals surface area contributed by atoms with Gasteiger partial charge in [0.15, 0.2) is 6.61 Å². The van der Waals surface area contributed by atoms with Gasteiger partial charge in [-0.25, -0.2) is 17.9 Å². The van der Waals surface area contributed by atoms with Crippen LogP contribution in [0.4, 0.5) is 0 Å². The molecular formula is C18H26N2O5S. The first-order chi connectivity index (χ1) is 12.3. The van der Waals surface area contributed by atoms with Gasteiger partial charge in [0.1, 0.15) is 0 Å². The summed E-state index contributed by atoms with van der Waals surface area (Å²) in [6.45, 7) is 4.77. The van der Waals surface area contributed by atoms with E-state index in [1.807, 2.05) is 6.92 Å². The summed E-state index contributed by atoms with van der Waals surface area (Å²) in [7, 11) is -3.62. The second-order valence-corrected chi connectivity index (χ2v) is 8.19. The Kier molecular flexibility index (Phi) is 7.16. The first kappa shape index (κ1) is 20.4. The third-order valence-corrected chi connectivity index (χ3v) is 6.01. The number of amides is 1. The van der Waals surface area contributed by atoms with Crippen molar-refractivity contribution in [2.75, 3.05) is 19.7 Å². The van der Waals surface area contributed by atoms with Gasteiger partial charge in [-0.1, -0.05) is 6.92 Å². The minimum Gasteiger partial charge on any atom is -0.452 e. The summed E-state index contributed by atoms with van der Waals surface area (Å²) in [6.07, 6.45) is 3.74. The topological polar surface area (TPSA) is 92.8 Å². The minimum absolute atomic E-state index is 0.0822. The van der Waals surface area contributed by atoms with Crippen molar-refractivity contribution in [1.82, 2.24) is 9.62 Å². The van der Waals surface area contributed by atoms with E-state index in [0.717, 1.165) is 19.3 Å². The Bertz CT molecular complexity index is 724. The average molecular weight is 382 g/mol. The second kappa shape index (κ2) is 9.14. The van der Waals surface area contributed by atoms with Crippen LogP contribution in [0.15, 0.2) is 29.2 Å². The lowest BCUT2D eigenvalue weighted by Crippen LogP contribution is -2.38. The Morgan fingerprint density at radius 2 is 1.77 bits per heavy atom. The molecule has 0 radical (unpaired) electrons. The number of carbonyl (C=O) groups excluding carboxylic acids is 2. The van der Waals surface area contributed by atoms with Gasteiger partial charge < -0.3 is 9.64 Å². The summed E-state index contributed by atoms with van der Waals surface area (Å²) in [6, 6.07) is 5.31. The molecule has 7 nitrogen and oxygen atoms in total. The largest absolute Gasteiger partial charge is 0.452 e. The maximum absolute atomic E-state index is 12.2. The minimum atomic E-state index is -3.62. The van der Waals surface area contributed by atoms with Crippen molar-refractivity contribution < 1.29 is 22.7 Å². The average Bonchev–Trinajstić information content (AvgIpc) is 2.66. The zero-order valence-corrected chi connectivity index (χ0v) is 16.0. The van der Waals surface area contributed by atoms with Crippen LogP contribution in [0.5, 0.6) is 0 Å². The second-order valence-electron chi connectivity index (χ2n) is 6.47. The molecule has 1 amide bonds. The van der Waals surface area contributed by atoms with E-state index in [4.69, 9.17) is 4.74 Å². The SMILES string of the molecule is CC[C@H](C)NS(=O)(=O)c1ccc(C(=O)OCC(=O)N2CCCCC2)cc1. The van der Waals surface area contributed by atoms with Crippen molar-refractivity contribution in [2.24, 2.45) is 0 Å². The number of hydrogen-bond acceptors (Lipinski definition) is 5. The first-order valence-corrected chi connectivity index (χ1v) is 10.4. The van der Waals surface area contributed by atoms with E-state index in [2.05, 4.69) is 4.72 Å². The molecule has 0 aromatic heterocycles. The van der Waals surface area contributed by atoms with E-state index in [0.29, 0.717) is 19.5 Å². The molecule has 0 aliphatic carbocycles. The first-order valence-electron chi connectivity index (χ1n) is 8.90. The number of esters is 1. The van der Waals surface area contributed by atoms with Crippen LogP contribution in [-0.4, -0.2) is 50.9 Å². The summed E-state index contributed by atoms with van der Waals surface area (Å²) < 4.78 is 32.0. The van der Waals surface area contributed by atoms with Crippen LogP contribution in [0, 0.1) is 0 Å². The highest BCUT2D eigenvalue weighted by Crippen LogP contribution is 2.13. The van der Waals surface area contributed by atoms with Crippen LogP contribution >= 0.6 is 0 Å². The lowest BCUT2D eigenvalue weighted by molar-refractivity contribution is -0.135. The van der Waals surface area contributed by atoms with Crippen LogP contribution in [0.1, 0.15) is 49.9 Å². The Balaban J connectivity index is 1.92. The van der Waals surface area contributed by atoms with Crippen molar-refractivity contribution in [2.45, 2.75) is 50.5 Å². The predicted octanol–water partition coefficient (Wildman–Crippen LogP) is 1.93. The van der Waals surface area contributed by atoms with Gasteiger partial charge >= 0.3 is 5.97 Å². The molecule has 0 spiro atoms. The number of benzene rings is 1. The molecule has 1 N–H and O–H groups in total. The number of likely N-dealkylation sites (tertiary alicyclic amines) is 1. The third-order valence-electron chi connectivity index (χ3n) is 4.40. The fourth-order valence-electron chi connectivity index (χ4n) is 2.63. The molecule has 1 fully saturated rings. The standard InChI is InChI=1S/C18H26N2O5S/c1-3-14(2)19-26(23,24)16-9-7-15(8-10-16)18(22)25-13-17(21)20-11-5-4-6-12-20/h7-10,14,19H,3-6,11-13H2,1-2H3/t14-/m0/s1. The highest BCUT2D eigenvalue weighted by Gasteiger charge is 2.20. The lowest BCUT2D eigenvalue weighted by Gasteiger charge is -2.26. The van der Waals surface area contributed by atoms with E-state index in [9.17, 15) is 18.0 Å². The van der Waals surface area contributed by atoms with Crippen LogP contribution in [-0.2, 0) is 19.6 Å². The number of nitrogens with one attached hydrogen (secondary N) is 1. The van der Waals surface area contributed by atoms with Gasteiger partial charge in [0.05, 0.1) is 10.5 Å². The van der Waals surface area contributed by atoms with Gasteiger partial charge in [-0.15, -0.1) is 0 Å². The molecular weight excluding hydrogens is 356 g/mol. The summed E-state index contributed by atoms with van der Waals surface area (Å²) in [5, 5.41) is 0. The van der Waals surface area contributed by atoms with Crippen LogP contribution in [0.25, 0.3) is 0 Å². The molecule has 1 aliphatic heterocycles. The lowest BCUT2D eigenvalue weighted by atomic mass is 10.1. The van der Waals surface area contributed by atoms with Crippen molar-refractivity contribution in [3.05, 3.63) is 29.8 Å². The van der Waals surface area contributed by atoms with Crippen LogP contribution < -0.4 is 4.72 Å². The number of hydrogen-bond donors (Lipinski definition) is 1. The van der Waals surface area contributed by atoms with Gasteiger partial charge in [0, 0.05) is 19.1 Å². The van der Waals surface area contributed by atoms with Crippen molar-refractivity contribution in [3.8, 4) is 0 Å². The fraction of sp³-hybridized carbons (Fsp3) is 0.556. The van der Waals surface area contributed by atoms with E-state index in [-0.39, 0.29) is 29.0 Å². The zero-order chi connectivity index (χ0) is 19.2.